The molecule has 330 valence electrons. The molecule has 58 heavy (non-hydrogen) atoms. The normalized spacial score (nSPS) is 42.4. The number of fused-ring (bicyclic) bond motifs is 3. The van der Waals surface area contributed by atoms with Gasteiger partial charge in [0.25, 0.3) is 11.7 Å². The van der Waals surface area contributed by atoms with E-state index in [2.05, 4.69) is 20.4 Å². The van der Waals surface area contributed by atoms with Crippen LogP contribution in [0.3, 0.4) is 0 Å². The first-order chi connectivity index (χ1) is 27.4. The predicted molar refractivity (Wildman–Crippen MR) is 217 cm³/mol. The van der Waals surface area contributed by atoms with Gasteiger partial charge in [-0.05, 0) is 107 Å². The summed E-state index contributed by atoms with van der Waals surface area (Å²) in [7, 11) is 3.04. The van der Waals surface area contributed by atoms with Crippen LogP contribution in [-0.4, -0.2) is 124 Å². The lowest BCUT2D eigenvalue weighted by molar-refractivity contribution is -0.301. The maximum atomic E-state index is 14.3. The van der Waals surface area contributed by atoms with E-state index in [9.17, 15) is 39.6 Å². The number of carbonyl (C=O) groups excluding carboxylic acids is 4. The summed E-state index contributed by atoms with van der Waals surface area (Å²) in [6.45, 7) is 15.3. The van der Waals surface area contributed by atoms with Crippen LogP contribution in [0.2, 0.25) is 0 Å². The van der Waals surface area contributed by atoms with E-state index in [1.807, 2.05) is 19.9 Å². The van der Waals surface area contributed by atoms with Crippen LogP contribution in [0.4, 0.5) is 0 Å². The molecule has 13 heteroatoms. The summed E-state index contributed by atoms with van der Waals surface area (Å²) in [5.74, 6) is -7.52. The number of nitrogens with zero attached hydrogens (tertiary/aromatic N) is 1. The van der Waals surface area contributed by atoms with Crippen LogP contribution >= 0.6 is 0 Å². The fourth-order valence-electron chi connectivity index (χ4n) is 9.92. The van der Waals surface area contributed by atoms with Crippen molar-refractivity contribution < 1.29 is 58.6 Å². The number of rotatable bonds is 6. The van der Waals surface area contributed by atoms with Gasteiger partial charge in [0.15, 0.2) is 0 Å². The van der Waals surface area contributed by atoms with Crippen molar-refractivity contribution in [1.82, 2.24) is 4.90 Å². The summed E-state index contributed by atoms with van der Waals surface area (Å²) in [6, 6.07) is -1.16. The highest BCUT2D eigenvalue weighted by molar-refractivity contribution is 6.39. The van der Waals surface area contributed by atoms with E-state index in [-0.39, 0.29) is 73.7 Å². The van der Waals surface area contributed by atoms with Gasteiger partial charge in [-0.15, -0.1) is 6.58 Å². The van der Waals surface area contributed by atoms with Gasteiger partial charge >= 0.3 is 5.97 Å². The minimum Gasteiger partial charge on any atom is -0.456 e. The Kier molecular flexibility index (Phi) is 17.7. The summed E-state index contributed by atoms with van der Waals surface area (Å²) in [6.07, 6.45) is 2.72. The van der Waals surface area contributed by atoms with Gasteiger partial charge < -0.3 is 44.3 Å². The van der Waals surface area contributed by atoms with Crippen LogP contribution in [0.5, 0.6) is 0 Å². The fourth-order valence-corrected chi connectivity index (χ4v) is 9.92. The first-order valence-electron chi connectivity index (χ1n) is 21.7. The standard InChI is InChI=1S/C45H73NO12/c1-10-13-32-21-27(4)26(3)18-25(2)19-37(50)41-39(56-9)22-29(6)45(54,58-41)42(51)43(52)46-17-12-11-14-33(46)44(53)57-40(30(7)35(48)24-36(32)49)28(5)20-31-15-16-34(47)38(23-31)55-8/h10,20,25-27,29-35,37-41,47-48,50,54H,1,11-19,21-24H2,2-9H3/b28-20+. The van der Waals surface area contributed by atoms with Gasteiger partial charge in [0.2, 0.25) is 5.79 Å². The van der Waals surface area contributed by atoms with Crippen LogP contribution in [0.1, 0.15) is 119 Å². The Hall–Kier alpha value is -2.52. The van der Waals surface area contributed by atoms with Gasteiger partial charge in [-0.1, -0.05) is 46.8 Å². The zero-order chi connectivity index (χ0) is 43.1. The SMILES string of the molecule is C=CCC1CC(C)C(C)CC(C)CC(O)C2OC(O)(C(=O)C(=O)N3CCCCC3C(=O)OC(/C(C)=C/C3CCC(O)C(OC)C3)C(C)C(O)CC1=O)C(C)CC2OC. The van der Waals surface area contributed by atoms with Crippen molar-refractivity contribution >= 4 is 23.4 Å². The molecule has 13 nitrogen and oxygen atoms in total. The lowest BCUT2D eigenvalue weighted by Gasteiger charge is -2.46. The molecule has 3 saturated heterocycles. The van der Waals surface area contributed by atoms with E-state index in [1.54, 1.807) is 27.0 Å². The Morgan fingerprint density at radius 2 is 1.53 bits per heavy atom. The first-order valence-corrected chi connectivity index (χ1v) is 21.7. The summed E-state index contributed by atoms with van der Waals surface area (Å²) in [5, 5.41) is 45.7. The molecular weight excluding hydrogens is 746 g/mol. The molecule has 16 atom stereocenters. The van der Waals surface area contributed by atoms with Crippen molar-refractivity contribution in [1.29, 1.82) is 0 Å². The second-order valence-electron chi connectivity index (χ2n) is 18.4. The first kappa shape index (κ1) is 48.1. The van der Waals surface area contributed by atoms with Crippen LogP contribution in [0.25, 0.3) is 0 Å². The molecular formula is C45H73NO12. The van der Waals surface area contributed by atoms with Gasteiger partial charge in [-0.3, -0.25) is 14.4 Å². The number of esters is 1. The van der Waals surface area contributed by atoms with Gasteiger partial charge in [-0.2, -0.15) is 0 Å². The Morgan fingerprint density at radius 3 is 2.19 bits per heavy atom. The van der Waals surface area contributed by atoms with Crippen molar-refractivity contribution in [3.05, 3.63) is 24.3 Å². The highest BCUT2D eigenvalue weighted by Crippen LogP contribution is 2.39. The highest BCUT2D eigenvalue weighted by atomic mass is 16.7. The fraction of sp³-hybridized carbons (Fsp3) is 0.822. The number of carbonyl (C=O) groups is 4. The molecule has 0 aromatic rings. The number of piperidine rings is 1. The molecule has 4 N–H and O–H groups in total. The predicted octanol–water partition coefficient (Wildman–Crippen LogP) is 4.70. The van der Waals surface area contributed by atoms with E-state index in [1.165, 1.54) is 7.11 Å². The number of hydrogen-bond acceptors (Lipinski definition) is 12. The average Bonchev–Trinajstić information content (AvgIpc) is 3.19. The zero-order valence-corrected chi connectivity index (χ0v) is 36.2. The third-order valence-electron chi connectivity index (χ3n) is 13.9. The van der Waals surface area contributed by atoms with Crippen molar-refractivity contribution in [2.45, 2.75) is 173 Å². The Morgan fingerprint density at radius 1 is 0.862 bits per heavy atom. The number of ketones is 2. The number of cyclic esters (lactones) is 1. The number of aliphatic hydroxyl groups is 4. The molecule has 3 aliphatic heterocycles. The number of ether oxygens (including phenoxy) is 4. The number of amides is 1. The van der Waals surface area contributed by atoms with E-state index < -0.39 is 77.9 Å². The molecule has 3 heterocycles. The quantitative estimate of drug-likeness (QED) is 0.165. The lowest BCUT2D eigenvalue weighted by atomic mass is 9.77. The third kappa shape index (κ3) is 11.4. The molecule has 1 aliphatic carbocycles. The summed E-state index contributed by atoms with van der Waals surface area (Å²) >= 11 is 0. The van der Waals surface area contributed by atoms with Crippen molar-refractivity contribution in [2.24, 2.45) is 41.4 Å². The van der Waals surface area contributed by atoms with Gasteiger partial charge in [-0.25, -0.2) is 4.79 Å². The molecule has 1 saturated carbocycles. The minimum absolute atomic E-state index is 0.0140. The number of allylic oxidation sites excluding steroid dienone is 2. The largest absolute Gasteiger partial charge is 0.456 e. The van der Waals surface area contributed by atoms with E-state index in [0.29, 0.717) is 50.5 Å². The van der Waals surface area contributed by atoms with Gasteiger partial charge in [0.1, 0.15) is 24.0 Å². The molecule has 4 rings (SSSR count). The minimum atomic E-state index is -2.58. The number of hydrogen-bond donors (Lipinski definition) is 4. The van der Waals surface area contributed by atoms with Crippen molar-refractivity contribution in [2.75, 3.05) is 20.8 Å². The molecule has 16 unspecified atom stereocenters. The molecule has 4 fully saturated rings. The molecule has 2 bridgehead atoms. The van der Waals surface area contributed by atoms with Crippen molar-refractivity contribution in [3.63, 3.8) is 0 Å². The second kappa shape index (κ2) is 21.3. The number of methoxy groups -OCH3 is 2. The maximum absolute atomic E-state index is 14.3. The molecule has 0 aromatic heterocycles. The summed E-state index contributed by atoms with van der Waals surface area (Å²) < 4.78 is 23.6. The van der Waals surface area contributed by atoms with Crippen LogP contribution in [-0.2, 0) is 38.1 Å². The van der Waals surface area contributed by atoms with E-state index in [0.717, 1.165) is 11.3 Å². The maximum Gasteiger partial charge on any atom is 0.329 e. The highest BCUT2D eigenvalue weighted by Gasteiger charge is 2.56. The third-order valence-corrected chi connectivity index (χ3v) is 13.9. The van der Waals surface area contributed by atoms with E-state index >= 15 is 0 Å². The molecule has 0 aromatic carbocycles. The Labute approximate surface area is 345 Å². The Bertz CT molecular complexity index is 1450. The number of Topliss-reactive ketones (excluding diaryl/α,β-unsaturated/α-hetero) is 2. The average molecular weight is 820 g/mol. The van der Waals surface area contributed by atoms with Crippen LogP contribution in [0.15, 0.2) is 24.3 Å². The second-order valence-corrected chi connectivity index (χ2v) is 18.4. The molecule has 1 amide bonds. The van der Waals surface area contributed by atoms with Crippen molar-refractivity contribution in [3.8, 4) is 0 Å². The van der Waals surface area contributed by atoms with E-state index in [4.69, 9.17) is 18.9 Å². The zero-order valence-electron chi connectivity index (χ0n) is 36.2. The number of aliphatic hydroxyl groups excluding tert-OH is 3. The molecule has 0 radical (unpaired) electrons. The van der Waals surface area contributed by atoms with Crippen LogP contribution in [0, 0.1) is 41.4 Å². The topological polar surface area (TPSA) is 189 Å². The summed E-state index contributed by atoms with van der Waals surface area (Å²) in [5.41, 5.74) is 0.651. The smallest absolute Gasteiger partial charge is 0.329 e. The lowest BCUT2D eigenvalue weighted by Crippen LogP contribution is -2.64. The van der Waals surface area contributed by atoms with Crippen LogP contribution < -0.4 is 0 Å². The molecule has 4 aliphatic rings. The van der Waals surface area contributed by atoms with Gasteiger partial charge in [0.05, 0.1) is 30.5 Å². The summed E-state index contributed by atoms with van der Waals surface area (Å²) in [4.78, 5) is 57.8. The molecule has 0 spiro atoms. The van der Waals surface area contributed by atoms with Gasteiger partial charge in [0, 0.05) is 44.9 Å². The monoisotopic (exact) mass is 820 g/mol. The Balaban J connectivity index is 1.75.